The fourth-order valence-electron chi connectivity index (χ4n) is 6.30. The first kappa shape index (κ1) is 29.6. The van der Waals surface area contributed by atoms with Crippen LogP contribution in [0.5, 0.6) is 5.88 Å². The number of fused-ring (bicyclic) bond motifs is 1. The van der Waals surface area contributed by atoms with E-state index in [4.69, 9.17) is 9.47 Å². The van der Waals surface area contributed by atoms with E-state index in [1.54, 1.807) is 35.4 Å². The number of carbonyl (C=O) groups is 1. The molecule has 228 valence electrons. The topological polar surface area (TPSA) is 70.2 Å². The molecule has 6 rings (SSSR count). The van der Waals surface area contributed by atoms with Gasteiger partial charge in [0.2, 0.25) is 11.8 Å². The molecule has 0 saturated carbocycles. The highest BCUT2D eigenvalue weighted by molar-refractivity contribution is 5.97. The Morgan fingerprint density at radius 3 is 2.49 bits per heavy atom. The Morgan fingerprint density at radius 1 is 1.00 bits per heavy atom. The Hall–Kier alpha value is -3.44. The van der Waals surface area contributed by atoms with Crippen LogP contribution in [0.1, 0.15) is 36.6 Å². The lowest BCUT2D eigenvalue weighted by Crippen LogP contribution is -2.62. The number of pyridine rings is 1. The van der Waals surface area contributed by atoms with Gasteiger partial charge in [-0.1, -0.05) is 24.3 Å². The molecule has 2 aromatic carbocycles. The molecule has 1 aromatic heterocycles. The molecule has 3 aliphatic rings. The average molecular weight is 592 g/mol. The molecule has 1 N–H and O–H groups in total. The van der Waals surface area contributed by atoms with E-state index in [1.807, 2.05) is 6.07 Å². The first-order chi connectivity index (χ1) is 20.8. The van der Waals surface area contributed by atoms with Crippen molar-refractivity contribution in [2.24, 2.45) is 0 Å². The molecule has 0 aliphatic carbocycles. The summed E-state index contributed by atoms with van der Waals surface area (Å²) in [6.07, 6.45) is 2.26. The predicted octanol–water partition coefficient (Wildman–Crippen LogP) is 3.80. The van der Waals surface area contributed by atoms with Crippen LogP contribution in [0.2, 0.25) is 0 Å². The highest BCUT2D eigenvalue weighted by atomic mass is 19.1. The van der Waals surface area contributed by atoms with Crippen LogP contribution in [0.25, 0.3) is 0 Å². The normalized spacial score (nSPS) is 24.8. The number of carbonyl (C=O) groups excluding carboxylic acids is 1. The summed E-state index contributed by atoms with van der Waals surface area (Å²) in [7, 11) is 0. The average Bonchev–Trinajstić information content (AvgIpc) is 3.00. The van der Waals surface area contributed by atoms with Crippen LogP contribution in [-0.4, -0.2) is 91.4 Å². The zero-order chi connectivity index (χ0) is 29.9. The second kappa shape index (κ2) is 13.1. The van der Waals surface area contributed by atoms with Crippen LogP contribution >= 0.6 is 0 Å². The van der Waals surface area contributed by atoms with E-state index >= 15 is 0 Å². The quantitative estimate of drug-likeness (QED) is 0.449. The van der Waals surface area contributed by atoms with Crippen molar-refractivity contribution in [3.8, 4) is 5.88 Å². The molecule has 0 radical (unpaired) electrons. The lowest BCUT2D eigenvalue weighted by molar-refractivity contribution is -0.122. The third-order valence-electron chi connectivity index (χ3n) is 8.70. The molecular formula is C33H39F2N5O3. The molecule has 2 saturated heterocycles. The number of halogens is 2. The lowest BCUT2D eigenvalue weighted by Gasteiger charge is -2.44. The summed E-state index contributed by atoms with van der Waals surface area (Å²) in [5.74, 6) is -0.295. The molecule has 2 fully saturated rings. The molecule has 4 heterocycles. The molecule has 43 heavy (non-hydrogen) atoms. The summed E-state index contributed by atoms with van der Waals surface area (Å²) in [4.78, 5) is 25.5. The van der Waals surface area contributed by atoms with E-state index in [2.05, 4.69) is 33.9 Å². The van der Waals surface area contributed by atoms with Crippen molar-refractivity contribution in [2.45, 2.75) is 44.4 Å². The summed E-state index contributed by atoms with van der Waals surface area (Å²) in [5, 5.41) is 3.60. The maximum Gasteiger partial charge on any atom is 0.242 e. The summed E-state index contributed by atoms with van der Waals surface area (Å²) >= 11 is 0. The number of aromatic nitrogens is 1. The standard InChI is InChI=1S/C33H39F2N5O3/c1-22-17-39(29(16-36-22)18-38-11-12-42-20-23(38)2)19-32(41)40-30-14-25(13-24-3-7-27(34)8-4-24)15-37-33(30)43-21-31(40)26-5-9-28(35)10-6-26/h3-10,14-15,22-23,29,31,36H,11-13,16-21H2,1-2H3/t22-,23-,29-,31?/m1/s1. The fraction of sp³-hybridized carbons (Fsp3) is 0.455. The number of hydrogen-bond donors (Lipinski definition) is 1. The van der Waals surface area contributed by atoms with Gasteiger partial charge >= 0.3 is 0 Å². The van der Waals surface area contributed by atoms with E-state index in [-0.39, 0.29) is 42.8 Å². The van der Waals surface area contributed by atoms with Gasteiger partial charge in [-0.2, -0.15) is 0 Å². The maximum absolute atomic E-state index is 14.4. The molecule has 0 spiro atoms. The molecule has 1 amide bonds. The number of nitrogens with one attached hydrogen (secondary N) is 1. The van der Waals surface area contributed by atoms with Crippen molar-refractivity contribution < 1.29 is 23.0 Å². The van der Waals surface area contributed by atoms with Gasteiger partial charge in [0.1, 0.15) is 23.9 Å². The molecule has 10 heteroatoms. The summed E-state index contributed by atoms with van der Waals surface area (Å²) in [5.41, 5.74) is 3.19. The minimum atomic E-state index is -0.443. The van der Waals surface area contributed by atoms with Crippen molar-refractivity contribution in [3.05, 3.63) is 89.1 Å². The Balaban J connectivity index is 1.29. The smallest absolute Gasteiger partial charge is 0.242 e. The van der Waals surface area contributed by atoms with Gasteiger partial charge in [-0.15, -0.1) is 0 Å². The summed E-state index contributed by atoms with van der Waals surface area (Å²) < 4.78 is 39.1. The van der Waals surface area contributed by atoms with Gasteiger partial charge in [0.05, 0.1) is 25.8 Å². The van der Waals surface area contributed by atoms with Gasteiger partial charge in [0.15, 0.2) is 0 Å². The number of nitrogens with zero attached hydrogens (tertiary/aromatic N) is 4. The molecule has 3 aliphatic heterocycles. The van der Waals surface area contributed by atoms with Gasteiger partial charge in [0.25, 0.3) is 0 Å². The molecule has 3 aromatic rings. The number of amides is 1. The van der Waals surface area contributed by atoms with E-state index < -0.39 is 6.04 Å². The largest absolute Gasteiger partial charge is 0.474 e. The van der Waals surface area contributed by atoms with Gasteiger partial charge < -0.3 is 14.8 Å². The Labute approximate surface area is 251 Å². The minimum absolute atomic E-state index is 0.0614. The SMILES string of the molecule is C[C@@H]1CN(CC(=O)N2c3cc(Cc4ccc(F)cc4)cnc3OCC2c2ccc(F)cc2)[C@@H](CN2CCOC[C@H]2C)CN1. The van der Waals surface area contributed by atoms with E-state index in [9.17, 15) is 13.6 Å². The van der Waals surface area contributed by atoms with E-state index in [0.29, 0.717) is 30.6 Å². The number of anilines is 1. The van der Waals surface area contributed by atoms with Gasteiger partial charge in [-0.05, 0) is 67.3 Å². The van der Waals surface area contributed by atoms with Crippen molar-refractivity contribution in [3.63, 3.8) is 0 Å². The number of morpholine rings is 1. The minimum Gasteiger partial charge on any atom is -0.474 e. The van der Waals surface area contributed by atoms with Crippen molar-refractivity contribution in [2.75, 3.05) is 57.4 Å². The Bertz CT molecular complexity index is 1410. The zero-order valence-corrected chi connectivity index (χ0v) is 24.7. The lowest BCUT2D eigenvalue weighted by atomic mass is 10.0. The first-order valence-corrected chi connectivity index (χ1v) is 15.1. The second-order valence-electron chi connectivity index (χ2n) is 11.9. The summed E-state index contributed by atoms with van der Waals surface area (Å²) in [6, 6.07) is 14.8. The van der Waals surface area contributed by atoms with Crippen LogP contribution in [-0.2, 0) is 16.0 Å². The Kier molecular flexibility index (Phi) is 8.99. The number of ether oxygens (including phenoxy) is 2. The molecule has 1 unspecified atom stereocenters. The first-order valence-electron chi connectivity index (χ1n) is 15.1. The van der Waals surface area contributed by atoms with Crippen molar-refractivity contribution in [1.82, 2.24) is 20.1 Å². The monoisotopic (exact) mass is 591 g/mol. The third-order valence-corrected chi connectivity index (χ3v) is 8.70. The predicted molar refractivity (Wildman–Crippen MR) is 160 cm³/mol. The molecule has 4 atom stereocenters. The van der Waals surface area contributed by atoms with Gasteiger partial charge in [-0.3, -0.25) is 19.5 Å². The number of rotatable bonds is 7. The van der Waals surface area contributed by atoms with Crippen LogP contribution < -0.4 is 15.0 Å². The number of hydrogen-bond acceptors (Lipinski definition) is 7. The van der Waals surface area contributed by atoms with E-state index in [0.717, 1.165) is 49.5 Å². The molecule has 0 bridgehead atoms. The number of piperazine rings is 1. The number of benzene rings is 2. The van der Waals surface area contributed by atoms with Crippen molar-refractivity contribution >= 4 is 11.6 Å². The maximum atomic E-state index is 14.4. The van der Waals surface area contributed by atoms with Crippen molar-refractivity contribution in [1.29, 1.82) is 0 Å². The van der Waals surface area contributed by atoms with Crippen LogP contribution in [0.15, 0.2) is 60.8 Å². The Morgan fingerprint density at radius 2 is 1.74 bits per heavy atom. The highest BCUT2D eigenvalue weighted by Crippen LogP contribution is 2.39. The van der Waals surface area contributed by atoms with Crippen LogP contribution in [0.3, 0.4) is 0 Å². The van der Waals surface area contributed by atoms with E-state index in [1.165, 1.54) is 24.3 Å². The third kappa shape index (κ3) is 6.88. The second-order valence-corrected chi connectivity index (χ2v) is 11.9. The molecule has 8 nitrogen and oxygen atoms in total. The zero-order valence-electron chi connectivity index (χ0n) is 24.7. The highest BCUT2D eigenvalue weighted by Gasteiger charge is 2.38. The van der Waals surface area contributed by atoms with Gasteiger partial charge in [0, 0.05) is 50.5 Å². The fourth-order valence-corrected chi connectivity index (χ4v) is 6.30. The van der Waals surface area contributed by atoms with Crippen LogP contribution in [0, 0.1) is 11.6 Å². The van der Waals surface area contributed by atoms with Gasteiger partial charge in [-0.25, -0.2) is 13.8 Å². The molecular weight excluding hydrogens is 552 g/mol. The van der Waals surface area contributed by atoms with Crippen LogP contribution in [0.4, 0.5) is 14.5 Å². The summed E-state index contributed by atoms with van der Waals surface area (Å²) in [6.45, 7) is 9.46.